The summed E-state index contributed by atoms with van der Waals surface area (Å²) in [7, 11) is 0. The van der Waals surface area contributed by atoms with Crippen molar-refractivity contribution in [1.82, 2.24) is 55.6 Å². The van der Waals surface area contributed by atoms with Gasteiger partial charge in [-0.1, -0.05) is 197 Å². The number of carboxylic acids is 3. The maximum absolute atomic E-state index is 12.2. The van der Waals surface area contributed by atoms with Crippen molar-refractivity contribution in [2.24, 2.45) is 0 Å². The van der Waals surface area contributed by atoms with Crippen molar-refractivity contribution in [2.45, 2.75) is 153 Å². The lowest BCUT2D eigenvalue weighted by atomic mass is 10.0. The topological polar surface area (TPSA) is 434 Å². The molecule has 10 aromatic carbocycles. The van der Waals surface area contributed by atoms with Crippen molar-refractivity contribution in [3.8, 4) is 62.0 Å². The van der Waals surface area contributed by atoms with E-state index in [0.29, 0.717) is 104 Å². The maximum Gasteiger partial charge on any atom is 0.326 e. The second kappa shape index (κ2) is 45.1. The first-order valence-corrected chi connectivity index (χ1v) is 48.7. The second-order valence-electron chi connectivity index (χ2n) is 36.1. The van der Waals surface area contributed by atoms with Crippen LogP contribution in [0.15, 0.2) is 267 Å². The number of hydrogen-bond acceptors (Lipinski definition) is 21. The van der Waals surface area contributed by atoms with Crippen LogP contribution in [0.25, 0.3) is 116 Å². The third-order valence-corrected chi connectivity index (χ3v) is 27.3. The lowest BCUT2D eigenvalue weighted by molar-refractivity contribution is -0.384. The number of aromatic nitrogens is 11. The summed E-state index contributed by atoms with van der Waals surface area (Å²) in [5.41, 5.74) is 12.0. The summed E-state index contributed by atoms with van der Waals surface area (Å²) >= 11 is 6.59. The molecule has 142 heavy (non-hydrogen) atoms. The highest BCUT2D eigenvalue weighted by molar-refractivity contribution is 6.34. The Balaban J connectivity index is 0.000000122. The summed E-state index contributed by atoms with van der Waals surface area (Å²) in [5.74, 6) is -2.67. The first-order chi connectivity index (χ1) is 69.1. The van der Waals surface area contributed by atoms with E-state index in [-0.39, 0.29) is 45.1 Å². The normalized spacial score (nSPS) is 16.3. The highest BCUT2D eigenvalue weighted by Crippen LogP contribution is 2.42. The first kappa shape index (κ1) is 97.4. The number of fused-ring (bicyclic) bond motifs is 5. The molecule has 0 aliphatic carbocycles. The summed E-state index contributed by atoms with van der Waals surface area (Å²) < 4.78 is 2.16. The number of carbonyl (C=O) groups excluding carboxylic acids is 1. The Hall–Kier alpha value is -16.3. The fourth-order valence-electron chi connectivity index (χ4n) is 19.9. The molecule has 5 aliphatic rings. The SMILES string of the molecule is CC(=O)Nc1cc(-c2n[nH]c(=O)c3ccccc23)ccc1N1CCCCCC1.O=C(O)C1CCCCCN1c1ccc(-c2n[nH]c(=O)c3ccccc23)c(Cl)c1.O=C(O)C1CCCCCN1c1ccc(-c2n[nH]c(=O)c3ccccc23)cc1.O=C(O)C1CCCCCN1c1ccc(-c2n[nH]c(=O)c3ccccc23)cc1[N+](=O)[O-].O=c1[nH]nc(-c2ccc(N3CCCCCC3)c(-n3cccc3)c2)c2ccccc12. The van der Waals surface area contributed by atoms with Gasteiger partial charge in [0.05, 0.1) is 82.4 Å². The number of nitrogens with one attached hydrogen (secondary N) is 6. The van der Waals surface area contributed by atoms with Crippen LogP contribution in [-0.2, 0) is 19.2 Å². The quantitative estimate of drug-likeness (QED) is 0.0320. The predicted molar refractivity (Wildman–Crippen MR) is 557 cm³/mol. The third kappa shape index (κ3) is 22.1. The Bertz CT molecular complexity index is 7640. The predicted octanol–water partition coefficient (Wildman–Crippen LogP) is 19.5. The molecule has 21 rings (SSSR count). The molecule has 32 nitrogen and oxygen atoms in total. The molecule has 726 valence electrons. The lowest BCUT2D eigenvalue weighted by Crippen LogP contribution is -2.41. The van der Waals surface area contributed by atoms with E-state index in [0.717, 1.165) is 176 Å². The van der Waals surface area contributed by atoms with Crippen LogP contribution >= 0.6 is 11.6 Å². The average molecular weight is 1930 g/mol. The molecule has 1 amide bonds. The van der Waals surface area contributed by atoms with Crippen molar-refractivity contribution in [3.63, 3.8) is 0 Å². The van der Waals surface area contributed by atoms with Crippen molar-refractivity contribution in [1.29, 1.82) is 0 Å². The number of H-pyrrole nitrogens is 5. The molecule has 6 aromatic heterocycles. The highest BCUT2D eigenvalue weighted by Gasteiger charge is 2.35. The molecule has 0 radical (unpaired) electrons. The lowest BCUT2D eigenvalue weighted by Gasteiger charge is -2.29. The molecule has 0 spiro atoms. The molecule has 9 N–H and O–H groups in total. The minimum Gasteiger partial charge on any atom is -0.480 e. The zero-order valence-corrected chi connectivity index (χ0v) is 79.3. The Morgan fingerprint density at radius 2 is 0.669 bits per heavy atom. The van der Waals surface area contributed by atoms with Crippen molar-refractivity contribution in [3.05, 3.63) is 310 Å². The fraction of sp³-hybridized carbons (Fsp3) is 0.284. The van der Waals surface area contributed by atoms with Gasteiger partial charge in [-0.2, -0.15) is 25.5 Å². The van der Waals surface area contributed by atoms with Crippen LogP contribution in [0.5, 0.6) is 0 Å². The van der Waals surface area contributed by atoms with Gasteiger partial charge in [0, 0.05) is 137 Å². The van der Waals surface area contributed by atoms with Crippen molar-refractivity contribution in [2.75, 3.05) is 75.6 Å². The van der Waals surface area contributed by atoms with Crippen LogP contribution in [-0.4, -0.2) is 164 Å². The Kier molecular flexibility index (Phi) is 31.0. The number of halogens is 1. The van der Waals surface area contributed by atoms with E-state index in [1.807, 2.05) is 149 Å². The standard InChI is InChI=1S/C24H24N4O.C22H24N4O2.C21H20ClN3O3.C21H20N4O5.C21H21N3O3/c29-24-20-10-4-3-9-19(20)23(25-26-24)18-11-12-21(27-13-5-1-2-6-14-27)22(17-18)28-15-7-8-16-28;1-15(27)23-19-14-16(10-11-20(19)26-12-6-2-3-7-13-26)21-17-8-4-5-9-18(17)22(28)25-24-21;22-17-12-13(25-11-5-1-2-8-18(25)21(27)28)9-10-16(17)19-14-6-3-4-7-15(14)20(26)24-23-19;26-20-15-7-4-3-6-14(15)19(22-23-20)13-9-10-16(18(12-13)25(29)30)24-11-5-1-2-8-17(24)21(27)28;25-20-17-7-4-3-6-16(17)19(22-23-20)14-9-11-15(12-10-14)24-13-5-1-2-8-18(24)21(26)27/h3-4,7-12,15-17H,1-2,5-6,13-14H2,(H,26,29);4-5,8-11,14H,2-3,6-7,12-13H2,1H3,(H,23,27)(H,25,28);3-4,6-7,9-10,12,18H,1-2,5,8,11H2,(H,24,26)(H,27,28);3-4,6-7,9-10,12,17H,1-2,5,8,11H2,(H,23,26)(H,27,28);3-4,6-7,9-12,18H,1-2,5,8,13H2,(H,23,25)(H,26,27). The van der Waals surface area contributed by atoms with E-state index in [9.17, 15) is 68.6 Å². The Labute approximate surface area is 820 Å². The summed E-state index contributed by atoms with van der Waals surface area (Å²) in [6.45, 7) is 7.56. The summed E-state index contributed by atoms with van der Waals surface area (Å²) in [6, 6.07) is 69.3. The molecule has 3 atom stereocenters. The molecule has 33 heteroatoms. The van der Waals surface area contributed by atoms with Crippen LogP contribution in [0, 0.1) is 10.1 Å². The van der Waals surface area contributed by atoms with Crippen LogP contribution in [0.1, 0.15) is 135 Å². The van der Waals surface area contributed by atoms with E-state index in [1.165, 1.54) is 57.2 Å². The Morgan fingerprint density at radius 1 is 0.345 bits per heavy atom. The van der Waals surface area contributed by atoms with Gasteiger partial charge < -0.3 is 49.7 Å². The molecular formula is C109H109ClN18O14. The number of rotatable bonds is 16. The zero-order valence-electron chi connectivity index (χ0n) is 78.5. The molecule has 5 aliphatic heterocycles. The van der Waals surface area contributed by atoms with Crippen molar-refractivity contribution < 1.29 is 39.4 Å². The number of aromatic amines is 5. The zero-order chi connectivity index (χ0) is 98.9. The number of carbonyl (C=O) groups is 4. The van der Waals surface area contributed by atoms with Gasteiger partial charge in [-0.25, -0.2) is 39.9 Å². The number of anilines is 6. The molecule has 16 aromatic rings. The van der Waals surface area contributed by atoms with E-state index in [2.05, 4.69) is 101 Å². The van der Waals surface area contributed by atoms with Gasteiger partial charge in [0.25, 0.3) is 33.5 Å². The molecule has 0 bridgehead atoms. The number of nitrogens with zero attached hydrogens (tertiary/aromatic N) is 12. The molecular weight excluding hydrogens is 1820 g/mol. The van der Waals surface area contributed by atoms with Crippen LogP contribution in [0.2, 0.25) is 5.02 Å². The van der Waals surface area contributed by atoms with Gasteiger partial charge in [0.2, 0.25) is 5.91 Å². The Morgan fingerprint density at radius 3 is 1.08 bits per heavy atom. The molecule has 0 saturated carbocycles. The van der Waals surface area contributed by atoms with Crippen LogP contribution in [0.3, 0.4) is 0 Å². The number of aliphatic carboxylic acids is 3. The number of amides is 1. The van der Waals surface area contributed by atoms with Gasteiger partial charge in [-0.05, 0) is 167 Å². The van der Waals surface area contributed by atoms with E-state index in [1.54, 1.807) is 71.6 Å². The number of hydrogen-bond donors (Lipinski definition) is 9. The van der Waals surface area contributed by atoms with Crippen LogP contribution in [0.4, 0.5) is 39.8 Å². The van der Waals surface area contributed by atoms with E-state index < -0.39 is 41.0 Å². The van der Waals surface area contributed by atoms with Crippen molar-refractivity contribution >= 4 is 129 Å². The van der Waals surface area contributed by atoms with Gasteiger partial charge >= 0.3 is 17.9 Å². The number of benzene rings is 10. The fourth-order valence-corrected chi connectivity index (χ4v) is 20.2. The number of carboxylic acid groups (broad SMARTS) is 3. The minimum absolute atomic E-state index is 0.104. The van der Waals surface area contributed by atoms with Gasteiger partial charge in [-0.3, -0.25) is 38.9 Å². The number of nitro benzene ring substituents is 1. The van der Waals surface area contributed by atoms with Gasteiger partial charge in [-0.15, -0.1) is 0 Å². The van der Waals surface area contributed by atoms with Gasteiger partial charge in [0.15, 0.2) is 0 Å². The van der Waals surface area contributed by atoms with Gasteiger partial charge in [0.1, 0.15) is 29.5 Å². The highest BCUT2D eigenvalue weighted by atomic mass is 35.5. The monoisotopic (exact) mass is 1930 g/mol. The molecule has 5 saturated heterocycles. The number of nitro groups is 1. The minimum atomic E-state index is -0.983. The van der Waals surface area contributed by atoms with E-state index >= 15 is 0 Å². The smallest absolute Gasteiger partial charge is 0.326 e. The maximum atomic E-state index is 12.2. The second-order valence-corrected chi connectivity index (χ2v) is 36.5. The first-order valence-electron chi connectivity index (χ1n) is 48.4. The molecule has 5 fully saturated rings. The summed E-state index contributed by atoms with van der Waals surface area (Å²) in [6.07, 6.45) is 24.1. The van der Waals surface area contributed by atoms with Crippen LogP contribution < -0.4 is 57.6 Å². The van der Waals surface area contributed by atoms with E-state index in [4.69, 9.17) is 11.6 Å². The third-order valence-electron chi connectivity index (χ3n) is 27.0. The summed E-state index contributed by atoms with van der Waals surface area (Å²) in [4.78, 5) is 129. The summed E-state index contributed by atoms with van der Waals surface area (Å²) in [5, 5.41) is 84.8. The molecule has 3 unspecified atom stereocenters. The average Bonchev–Trinajstić information content (AvgIpc) is 1.15. The molecule has 11 heterocycles. The largest absolute Gasteiger partial charge is 0.480 e.